The van der Waals surface area contributed by atoms with Crippen LogP contribution in [0, 0.1) is 12.7 Å². The molecule has 2 aromatic heterocycles. The number of halogens is 1. The molecular formula is C21H17FN4O2S2. The van der Waals surface area contributed by atoms with Gasteiger partial charge < -0.3 is 4.74 Å². The van der Waals surface area contributed by atoms with Gasteiger partial charge in [0.1, 0.15) is 23.2 Å². The fourth-order valence-corrected chi connectivity index (χ4v) is 4.09. The molecule has 1 N–H and O–H groups in total. The topological polar surface area (TPSA) is 77.0 Å². The van der Waals surface area contributed by atoms with Crippen LogP contribution in [0.25, 0.3) is 0 Å². The maximum atomic E-state index is 13.3. The number of aryl methyl sites for hydroxylation is 1. The van der Waals surface area contributed by atoms with Crippen LogP contribution in [-0.4, -0.2) is 21.1 Å². The quantitative estimate of drug-likeness (QED) is 0.444. The Bertz CT molecular complexity index is 1180. The highest BCUT2D eigenvalue weighted by Gasteiger charge is 2.12. The SMILES string of the molecule is Cc1nc(COc2cccc(C(=O)Nc3nnc(Cc4cccc(F)c4)s3)c2)cs1. The van der Waals surface area contributed by atoms with Crippen molar-refractivity contribution in [1.82, 2.24) is 15.2 Å². The Morgan fingerprint density at radius 3 is 2.83 bits per heavy atom. The van der Waals surface area contributed by atoms with Gasteiger partial charge in [-0.25, -0.2) is 9.37 Å². The second-order valence-corrected chi connectivity index (χ2v) is 8.56. The van der Waals surface area contributed by atoms with Gasteiger partial charge in [0, 0.05) is 17.4 Å². The molecule has 0 aliphatic carbocycles. The third-order valence-electron chi connectivity index (χ3n) is 4.08. The number of hydrogen-bond acceptors (Lipinski definition) is 7. The first-order valence-electron chi connectivity index (χ1n) is 9.07. The monoisotopic (exact) mass is 440 g/mol. The van der Waals surface area contributed by atoms with E-state index in [0.29, 0.717) is 34.5 Å². The Labute approximate surface area is 180 Å². The number of rotatable bonds is 7. The molecule has 1 amide bonds. The zero-order valence-electron chi connectivity index (χ0n) is 16.0. The van der Waals surface area contributed by atoms with E-state index in [2.05, 4.69) is 20.5 Å². The highest BCUT2D eigenvalue weighted by molar-refractivity contribution is 7.15. The molecule has 0 radical (unpaired) electrons. The highest BCUT2D eigenvalue weighted by atomic mass is 32.1. The van der Waals surface area contributed by atoms with E-state index in [1.807, 2.05) is 18.4 Å². The van der Waals surface area contributed by atoms with Gasteiger partial charge in [-0.3, -0.25) is 10.1 Å². The van der Waals surface area contributed by atoms with Crippen molar-refractivity contribution < 1.29 is 13.9 Å². The zero-order chi connectivity index (χ0) is 20.9. The van der Waals surface area contributed by atoms with Gasteiger partial charge >= 0.3 is 0 Å². The minimum absolute atomic E-state index is 0.294. The fourth-order valence-electron chi connectivity index (χ4n) is 2.73. The second kappa shape index (κ2) is 9.10. The summed E-state index contributed by atoms with van der Waals surface area (Å²) in [6.07, 6.45) is 0.449. The summed E-state index contributed by atoms with van der Waals surface area (Å²) >= 11 is 2.82. The number of thiazole rings is 1. The van der Waals surface area contributed by atoms with E-state index in [4.69, 9.17) is 4.74 Å². The highest BCUT2D eigenvalue weighted by Crippen LogP contribution is 2.21. The fraction of sp³-hybridized carbons (Fsp3) is 0.143. The van der Waals surface area contributed by atoms with Crippen LogP contribution in [0.4, 0.5) is 9.52 Å². The first-order chi connectivity index (χ1) is 14.5. The number of nitrogens with one attached hydrogen (secondary N) is 1. The molecule has 0 saturated heterocycles. The van der Waals surface area contributed by atoms with E-state index in [-0.39, 0.29) is 11.7 Å². The van der Waals surface area contributed by atoms with Crippen LogP contribution in [0.1, 0.15) is 31.6 Å². The molecular weight excluding hydrogens is 423 g/mol. The number of benzene rings is 2. The van der Waals surface area contributed by atoms with E-state index in [9.17, 15) is 9.18 Å². The predicted molar refractivity (Wildman–Crippen MR) is 115 cm³/mol. The largest absolute Gasteiger partial charge is 0.487 e. The number of ether oxygens (including phenoxy) is 1. The summed E-state index contributed by atoms with van der Waals surface area (Å²) in [5, 5.41) is 14.8. The van der Waals surface area contributed by atoms with Gasteiger partial charge in [0.25, 0.3) is 5.91 Å². The van der Waals surface area contributed by atoms with Crippen molar-refractivity contribution in [2.45, 2.75) is 20.0 Å². The molecule has 0 spiro atoms. The van der Waals surface area contributed by atoms with Crippen molar-refractivity contribution in [1.29, 1.82) is 0 Å². The van der Waals surface area contributed by atoms with Crippen LogP contribution < -0.4 is 10.1 Å². The lowest BCUT2D eigenvalue weighted by atomic mass is 10.1. The summed E-state index contributed by atoms with van der Waals surface area (Å²) < 4.78 is 19.1. The van der Waals surface area contributed by atoms with Gasteiger partial charge in [-0.15, -0.1) is 21.5 Å². The van der Waals surface area contributed by atoms with Crippen LogP contribution >= 0.6 is 22.7 Å². The van der Waals surface area contributed by atoms with Gasteiger partial charge in [-0.05, 0) is 42.8 Å². The number of nitrogens with zero attached hydrogens (tertiary/aromatic N) is 3. The molecule has 4 aromatic rings. The van der Waals surface area contributed by atoms with Crippen molar-refractivity contribution in [3.05, 3.63) is 86.6 Å². The zero-order valence-corrected chi connectivity index (χ0v) is 17.6. The molecule has 9 heteroatoms. The van der Waals surface area contributed by atoms with Crippen molar-refractivity contribution in [3.8, 4) is 5.75 Å². The number of amides is 1. The summed E-state index contributed by atoms with van der Waals surface area (Å²) in [5.74, 6) is -0.0201. The number of aromatic nitrogens is 3. The number of carbonyl (C=O) groups excluding carboxylic acids is 1. The van der Waals surface area contributed by atoms with Gasteiger partial charge in [-0.1, -0.05) is 29.5 Å². The lowest BCUT2D eigenvalue weighted by molar-refractivity contribution is 0.102. The molecule has 0 unspecified atom stereocenters. The third-order valence-corrected chi connectivity index (χ3v) is 5.74. The van der Waals surface area contributed by atoms with E-state index in [0.717, 1.165) is 16.3 Å². The van der Waals surface area contributed by atoms with E-state index < -0.39 is 0 Å². The number of anilines is 1. The van der Waals surface area contributed by atoms with Crippen molar-refractivity contribution in [2.24, 2.45) is 0 Å². The minimum Gasteiger partial charge on any atom is -0.487 e. The lowest BCUT2D eigenvalue weighted by Gasteiger charge is -2.06. The summed E-state index contributed by atoms with van der Waals surface area (Å²) in [6, 6.07) is 13.2. The molecule has 0 atom stereocenters. The summed E-state index contributed by atoms with van der Waals surface area (Å²) in [6.45, 7) is 2.28. The van der Waals surface area contributed by atoms with E-state index in [1.54, 1.807) is 41.7 Å². The molecule has 30 heavy (non-hydrogen) atoms. The number of hydrogen-bond donors (Lipinski definition) is 1. The molecule has 0 fully saturated rings. The predicted octanol–water partition coefficient (Wildman–Crippen LogP) is 4.86. The van der Waals surface area contributed by atoms with Gasteiger partial charge in [-0.2, -0.15) is 0 Å². The van der Waals surface area contributed by atoms with Crippen LogP contribution in [0.3, 0.4) is 0 Å². The van der Waals surface area contributed by atoms with Crippen molar-refractivity contribution in [3.63, 3.8) is 0 Å². The van der Waals surface area contributed by atoms with Crippen LogP contribution in [0.15, 0.2) is 53.9 Å². The van der Waals surface area contributed by atoms with Crippen LogP contribution in [0.2, 0.25) is 0 Å². The molecule has 2 aromatic carbocycles. The minimum atomic E-state index is -0.307. The van der Waals surface area contributed by atoms with Crippen molar-refractivity contribution >= 4 is 33.7 Å². The maximum Gasteiger partial charge on any atom is 0.257 e. The second-order valence-electron chi connectivity index (χ2n) is 6.44. The molecule has 0 aliphatic rings. The Hall–Kier alpha value is -3.17. The molecule has 0 aliphatic heterocycles. The lowest BCUT2D eigenvalue weighted by Crippen LogP contribution is -2.11. The van der Waals surface area contributed by atoms with E-state index >= 15 is 0 Å². The maximum absolute atomic E-state index is 13.3. The first kappa shape index (κ1) is 20.1. The summed E-state index contributed by atoms with van der Waals surface area (Å²) in [5.41, 5.74) is 2.10. The molecule has 0 saturated carbocycles. The number of carbonyl (C=O) groups is 1. The van der Waals surface area contributed by atoms with Crippen LogP contribution in [-0.2, 0) is 13.0 Å². The molecule has 152 valence electrons. The van der Waals surface area contributed by atoms with Gasteiger partial charge in [0.15, 0.2) is 0 Å². The van der Waals surface area contributed by atoms with Gasteiger partial charge in [0.05, 0.1) is 10.7 Å². The molecule has 6 nitrogen and oxygen atoms in total. The summed E-state index contributed by atoms with van der Waals surface area (Å²) in [4.78, 5) is 16.9. The average Bonchev–Trinajstić information content (AvgIpc) is 3.35. The molecule has 2 heterocycles. The normalized spacial score (nSPS) is 10.7. The Morgan fingerprint density at radius 2 is 2.03 bits per heavy atom. The van der Waals surface area contributed by atoms with Gasteiger partial charge in [0.2, 0.25) is 5.13 Å². The molecule has 0 bridgehead atoms. The Kier molecular flexibility index (Phi) is 6.10. The Morgan fingerprint density at radius 1 is 1.17 bits per heavy atom. The third kappa shape index (κ3) is 5.25. The standard InChI is InChI=1S/C21H17FN4O2S2/c1-13-23-17(12-29-13)11-28-18-7-3-5-15(10-18)20(27)24-21-26-25-19(30-21)9-14-4-2-6-16(22)8-14/h2-8,10,12H,9,11H2,1H3,(H,24,26,27). The summed E-state index contributed by atoms with van der Waals surface area (Å²) in [7, 11) is 0. The molecule has 4 rings (SSSR count). The Balaban J connectivity index is 1.37. The first-order valence-corrected chi connectivity index (χ1v) is 10.8. The van der Waals surface area contributed by atoms with Crippen molar-refractivity contribution in [2.75, 3.05) is 5.32 Å². The smallest absolute Gasteiger partial charge is 0.257 e. The van der Waals surface area contributed by atoms with Crippen LogP contribution in [0.5, 0.6) is 5.75 Å². The average molecular weight is 441 g/mol. The van der Waals surface area contributed by atoms with E-state index in [1.165, 1.54) is 23.5 Å².